The third-order valence-electron chi connectivity index (χ3n) is 4.68. The molecular weight excluding hydrogens is 402 g/mol. The van der Waals surface area contributed by atoms with Gasteiger partial charge in [0, 0.05) is 37.0 Å². The average Bonchev–Trinajstić information content (AvgIpc) is 3.15. The minimum Gasteiger partial charge on any atom is -0.497 e. The maximum Gasteiger partial charge on any atom is 0.311 e. The Kier molecular flexibility index (Phi) is 6.86. The van der Waals surface area contributed by atoms with Crippen LogP contribution in [0.2, 0.25) is 0 Å². The molecule has 0 bridgehead atoms. The van der Waals surface area contributed by atoms with Crippen molar-refractivity contribution in [1.82, 2.24) is 0 Å². The highest BCUT2D eigenvalue weighted by atomic mass is 16.5. The molecule has 2 N–H and O–H groups in total. The van der Waals surface area contributed by atoms with Crippen LogP contribution in [0.3, 0.4) is 0 Å². The summed E-state index contributed by atoms with van der Waals surface area (Å²) < 4.78 is 10.2. The number of hydrogen-bond donors (Lipinski definition) is 2. The summed E-state index contributed by atoms with van der Waals surface area (Å²) in [6.45, 7) is 1.13. The standard InChI is InChI=1S/C22H23N3O6/c1-14(26)23-16-3-5-17(6-4-16)24-20(27)13-31-22(29)15-11-21(28)25(12-15)18-7-9-19(30-2)10-8-18/h3-10,15H,11-13H2,1-2H3,(H,23,26)(H,24,27)/t15-/m0/s1. The molecule has 1 saturated heterocycles. The SMILES string of the molecule is COc1ccc(N2C[C@@H](C(=O)OCC(=O)Nc3ccc(NC(C)=O)cc3)CC2=O)cc1. The number of ether oxygens (including phenoxy) is 2. The maximum atomic E-state index is 12.3. The van der Waals surface area contributed by atoms with E-state index in [0.29, 0.717) is 22.8 Å². The van der Waals surface area contributed by atoms with Gasteiger partial charge in [0.25, 0.3) is 5.91 Å². The number of amides is 3. The van der Waals surface area contributed by atoms with Gasteiger partial charge in [-0.3, -0.25) is 19.2 Å². The van der Waals surface area contributed by atoms with Crippen molar-refractivity contribution < 1.29 is 28.7 Å². The topological polar surface area (TPSA) is 114 Å². The molecule has 1 fully saturated rings. The molecule has 0 spiro atoms. The van der Waals surface area contributed by atoms with Gasteiger partial charge in [-0.05, 0) is 48.5 Å². The summed E-state index contributed by atoms with van der Waals surface area (Å²) in [5.74, 6) is -1.45. The van der Waals surface area contributed by atoms with E-state index in [-0.39, 0.29) is 24.8 Å². The number of nitrogens with zero attached hydrogens (tertiary/aromatic N) is 1. The summed E-state index contributed by atoms with van der Waals surface area (Å²) >= 11 is 0. The summed E-state index contributed by atoms with van der Waals surface area (Å²) in [5.41, 5.74) is 1.77. The molecule has 2 aromatic rings. The molecule has 1 atom stereocenters. The highest BCUT2D eigenvalue weighted by molar-refractivity contribution is 6.00. The number of methoxy groups -OCH3 is 1. The van der Waals surface area contributed by atoms with Gasteiger partial charge in [-0.1, -0.05) is 0 Å². The van der Waals surface area contributed by atoms with Crippen LogP contribution in [0.5, 0.6) is 5.75 Å². The summed E-state index contributed by atoms with van der Waals surface area (Å²) in [5, 5.41) is 5.23. The highest BCUT2D eigenvalue weighted by Gasteiger charge is 2.36. The van der Waals surface area contributed by atoms with Crippen LogP contribution in [0.15, 0.2) is 48.5 Å². The minimum absolute atomic E-state index is 0.0249. The molecule has 2 aromatic carbocycles. The molecule has 9 nitrogen and oxygen atoms in total. The lowest BCUT2D eigenvalue weighted by atomic mass is 10.1. The first-order valence-electron chi connectivity index (χ1n) is 9.64. The summed E-state index contributed by atoms with van der Waals surface area (Å²) in [6, 6.07) is 13.5. The molecule has 1 aliphatic heterocycles. The van der Waals surface area contributed by atoms with E-state index in [4.69, 9.17) is 9.47 Å². The zero-order chi connectivity index (χ0) is 22.4. The van der Waals surface area contributed by atoms with E-state index in [9.17, 15) is 19.2 Å². The van der Waals surface area contributed by atoms with Gasteiger partial charge in [0.05, 0.1) is 13.0 Å². The number of anilines is 3. The van der Waals surface area contributed by atoms with Gasteiger partial charge >= 0.3 is 5.97 Å². The normalized spacial score (nSPS) is 15.4. The number of carbonyl (C=O) groups is 4. The quantitative estimate of drug-likeness (QED) is 0.658. The summed E-state index contributed by atoms with van der Waals surface area (Å²) in [7, 11) is 1.55. The fourth-order valence-corrected chi connectivity index (χ4v) is 3.17. The van der Waals surface area contributed by atoms with Crippen LogP contribution in [0.4, 0.5) is 17.1 Å². The first kappa shape index (κ1) is 21.8. The number of nitrogens with one attached hydrogen (secondary N) is 2. The molecule has 9 heteroatoms. The van der Waals surface area contributed by atoms with Gasteiger partial charge in [0.15, 0.2) is 6.61 Å². The van der Waals surface area contributed by atoms with Crippen molar-refractivity contribution in [3.05, 3.63) is 48.5 Å². The lowest BCUT2D eigenvalue weighted by Gasteiger charge is -2.16. The first-order chi connectivity index (χ1) is 14.9. The van der Waals surface area contributed by atoms with Gasteiger partial charge < -0.3 is 25.0 Å². The number of benzene rings is 2. The molecule has 0 aliphatic carbocycles. The van der Waals surface area contributed by atoms with Crippen molar-refractivity contribution in [1.29, 1.82) is 0 Å². The Morgan fingerprint density at radius 2 is 1.61 bits per heavy atom. The Morgan fingerprint density at radius 3 is 2.19 bits per heavy atom. The maximum absolute atomic E-state index is 12.3. The van der Waals surface area contributed by atoms with Crippen LogP contribution >= 0.6 is 0 Å². The minimum atomic E-state index is -0.639. The molecular formula is C22H23N3O6. The van der Waals surface area contributed by atoms with Crippen molar-refractivity contribution in [3.63, 3.8) is 0 Å². The van der Waals surface area contributed by atoms with E-state index in [0.717, 1.165) is 0 Å². The predicted octanol–water partition coefficient (Wildman–Crippen LogP) is 2.19. The molecule has 1 heterocycles. The summed E-state index contributed by atoms with van der Waals surface area (Å²) in [4.78, 5) is 49.2. The number of esters is 1. The second kappa shape index (κ2) is 9.75. The van der Waals surface area contributed by atoms with Crippen LogP contribution in [0.25, 0.3) is 0 Å². The molecule has 31 heavy (non-hydrogen) atoms. The fourth-order valence-electron chi connectivity index (χ4n) is 3.17. The van der Waals surface area contributed by atoms with Crippen LogP contribution in [0, 0.1) is 5.92 Å². The van der Waals surface area contributed by atoms with Crippen LogP contribution in [-0.4, -0.2) is 44.0 Å². The van der Waals surface area contributed by atoms with Gasteiger partial charge in [-0.25, -0.2) is 0 Å². The third kappa shape index (κ3) is 5.81. The second-order valence-electron chi connectivity index (χ2n) is 7.02. The molecule has 3 amide bonds. The Hall–Kier alpha value is -3.88. The van der Waals surface area contributed by atoms with Crippen molar-refractivity contribution in [2.45, 2.75) is 13.3 Å². The first-order valence-corrected chi connectivity index (χ1v) is 9.64. The summed E-state index contributed by atoms with van der Waals surface area (Å²) in [6.07, 6.45) is 0.0249. The molecule has 0 radical (unpaired) electrons. The molecule has 1 aliphatic rings. The van der Waals surface area contributed by atoms with E-state index in [1.807, 2.05) is 0 Å². The largest absolute Gasteiger partial charge is 0.497 e. The Morgan fingerprint density at radius 1 is 1.00 bits per heavy atom. The van der Waals surface area contributed by atoms with E-state index in [2.05, 4.69) is 10.6 Å². The van der Waals surface area contributed by atoms with Crippen molar-refractivity contribution in [3.8, 4) is 5.75 Å². The second-order valence-corrected chi connectivity index (χ2v) is 7.02. The van der Waals surface area contributed by atoms with Crippen LogP contribution in [0.1, 0.15) is 13.3 Å². The van der Waals surface area contributed by atoms with E-state index >= 15 is 0 Å². The van der Waals surface area contributed by atoms with Gasteiger partial charge in [0.2, 0.25) is 11.8 Å². The van der Waals surface area contributed by atoms with Crippen molar-refractivity contribution >= 4 is 40.8 Å². The Labute approximate surface area is 179 Å². The zero-order valence-corrected chi connectivity index (χ0v) is 17.2. The fraction of sp³-hybridized carbons (Fsp3) is 0.273. The van der Waals surface area contributed by atoms with E-state index in [1.165, 1.54) is 11.8 Å². The lowest BCUT2D eigenvalue weighted by Crippen LogP contribution is -2.28. The van der Waals surface area contributed by atoms with E-state index < -0.39 is 24.4 Å². The number of rotatable bonds is 7. The molecule has 162 valence electrons. The molecule has 0 unspecified atom stereocenters. The monoisotopic (exact) mass is 425 g/mol. The van der Waals surface area contributed by atoms with Gasteiger partial charge in [-0.15, -0.1) is 0 Å². The molecule has 0 aromatic heterocycles. The smallest absolute Gasteiger partial charge is 0.311 e. The van der Waals surface area contributed by atoms with Gasteiger partial charge in [0.1, 0.15) is 5.75 Å². The average molecular weight is 425 g/mol. The Balaban J connectivity index is 1.48. The van der Waals surface area contributed by atoms with Gasteiger partial charge in [-0.2, -0.15) is 0 Å². The lowest BCUT2D eigenvalue weighted by molar-refractivity contribution is -0.151. The predicted molar refractivity (Wildman–Crippen MR) is 114 cm³/mol. The number of carbonyl (C=O) groups excluding carboxylic acids is 4. The Bertz CT molecular complexity index is 972. The van der Waals surface area contributed by atoms with Crippen LogP contribution < -0.4 is 20.3 Å². The zero-order valence-electron chi connectivity index (χ0n) is 17.2. The van der Waals surface area contributed by atoms with Crippen LogP contribution in [-0.2, 0) is 23.9 Å². The number of hydrogen-bond acceptors (Lipinski definition) is 6. The van der Waals surface area contributed by atoms with Crippen molar-refractivity contribution in [2.24, 2.45) is 5.92 Å². The van der Waals surface area contributed by atoms with E-state index in [1.54, 1.807) is 55.6 Å². The third-order valence-corrected chi connectivity index (χ3v) is 4.68. The molecule has 0 saturated carbocycles. The molecule has 3 rings (SSSR count). The van der Waals surface area contributed by atoms with Crippen molar-refractivity contribution in [2.75, 3.05) is 35.8 Å². The highest BCUT2D eigenvalue weighted by Crippen LogP contribution is 2.27.